The van der Waals surface area contributed by atoms with Gasteiger partial charge in [-0.05, 0) is 62.9 Å². The molecule has 1 aliphatic carbocycles. The number of rotatable bonds is 6. The fourth-order valence-electron chi connectivity index (χ4n) is 4.74. The van der Waals surface area contributed by atoms with Gasteiger partial charge in [-0.1, -0.05) is 26.7 Å². The van der Waals surface area contributed by atoms with E-state index in [0.29, 0.717) is 5.54 Å². The predicted octanol–water partition coefficient (Wildman–Crippen LogP) is 3.28. The van der Waals surface area contributed by atoms with Crippen LogP contribution < -0.4 is 5.73 Å². The van der Waals surface area contributed by atoms with Gasteiger partial charge in [-0.25, -0.2) is 0 Å². The van der Waals surface area contributed by atoms with Gasteiger partial charge in [0, 0.05) is 25.8 Å². The van der Waals surface area contributed by atoms with E-state index >= 15 is 0 Å². The van der Waals surface area contributed by atoms with Crippen molar-refractivity contribution in [3.05, 3.63) is 0 Å². The zero-order chi connectivity index (χ0) is 15.3. The normalized spacial score (nSPS) is 32.7. The second kappa shape index (κ2) is 7.94. The van der Waals surface area contributed by atoms with Crippen LogP contribution in [0.5, 0.6) is 0 Å². The zero-order valence-corrected chi connectivity index (χ0v) is 14.4. The van der Waals surface area contributed by atoms with Crippen LogP contribution in [0.2, 0.25) is 0 Å². The smallest absolute Gasteiger partial charge is 0.0491 e. The first kappa shape index (κ1) is 17.2. The fraction of sp³-hybridized carbons (Fsp3) is 1.00. The summed E-state index contributed by atoms with van der Waals surface area (Å²) in [6.45, 7) is 8.93. The first-order valence-electron chi connectivity index (χ1n) is 9.03. The van der Waals surface area contributed by atoms with E-state index in [4.69, 9.17) is 10.5 Å². The Balaban J connectivity index is 1.94. The quantitative estimate of drug-likeness (QED) is 0.817. The Morgan fingerprint density at radius 1 is 1.19 bits per heavy atom. The first-order valence-corrected chi connectivity index (χ1v) is 9.03. The van der Waals surface area contributed by atoms with E-state index < -0.39 is 0 Å². The molecule has 0 aromatic rings. The summed E-state index contributed by atoms with van der Waals surface area (Å²) in [5, 5.41) is 0. The minimum Gasteiger partial charge on any atom is -0.384 e. The molecule has 0 aromatic carbocycles. The van der Waals surface area contributed by atoms with Crippen LogP contribution in [-0.4, -0.2) is 43.8 Å². The van der Waals surface area contributed by atoms with Crippen LogP contribution in [0.3, 0.4) is 0 Å². The molecule has 0 spiro atoms. The molecule has 3 nitrogen and oxygen atoms in total. The summed E-state index contributed by atoms with van der Waals surface area (Å²) in [7, 11) is 1.82. The summed E-state index contributed by atoms with van der Waals surface area (Å²) in [6, 6.07) is 0. The SMILES string of the molecule is COCC1CCN(C2(CN)CCCC(CC(C)C)C2)CC1. The Morgan fingerprint density at radius 3 is 2.48 bits per heavy atom. The molecule has 0 amide bonds. The number of likely N-dealkylation sites (tertiary alicyclic amines) is 1. The van der Waals surface area contributed by atoms with Crippen molar-refractivity contribution >= 4 is 0 Å². The Hall–Kier alpha value is -0.120. The highest BCUT2D eigenvalue weighted by Crippen LogP contribution is 2.40. The molecule has 2 unspecified atom stereocenters. The standard InChI is InChI=1S/C18H36N2O/c1-15(2)11-17-5-4-8-18(12-17,14-19)20-9-6-16(7-10-20)13-21-3/h15-17H,4-14,19H2,1-3H3. The van der Waals surface area contributed by atoms with Crippen LogP contribution in [0.15, 0.2) is 0 Å². The van der Waals surface area contributed by atoms with Crippen LogP contribution in [0.25, 0.3) is 0 Å². The van der Waals surface area contributed by atoms with Crippen LogP contribution in [0, 0.1) is 17.8 Å². The van der Waals surface area contributed by atoms with Crippen molar-refractivity contribution in [1.82, 2.24) is 4.90 Å². The van der Waals surface area contributed by atoms with E-state index in [0.717, 1.165) is 30.9 Å². The van der Waals surface area contributed by atoms with Gasteiger partial charge in [-0.3, -0.25) is 4.90 Å². The number of nitrogens with two attached hydrogens (primary N) is 1. The lowest BCUT2D eigenvalue weighted by molar-refractivity contribution is -0.00338. The monoisotopic (exact) mass is 296 g/mol. The molecule has 2 aliphatic rings. The van der Waals surface area contributed by atoms with Crippen LogP contribution >= 0.6 is 0 Å². The lowest BCUT2D eigenvalue weighted by Crippen LogP contribution is -2.58. The summed E-state index contributed by atoms with van der Waals surface area (Å²) in [4.78, 5) is 2.74. The van der Waals surface area contributed by atoms with E-state index in [1.807, 2.05) is 7.11 Å². The second-order valence-electron chi connectivity index (χ2n) is 7.91. The fourth-order valence-corrected chi connectivity index (χ4v) is 4.74. The molecule has 1 saturated heterocycles. The molecule has 2 fully saturated rings. The molecule has 1 saturated carbocycles. The minimum absolute atomic E-state index is 0.301. The Morgan fingerprint density at radius 2 is 1.90 bits per heavy atom. The Labute approximate surface area is 131 Å². The Bertz CT molecular complexity index is 300. The van der Waals surface area contributed by atoms with Gasteiger partial charge in [-0.15, -0.1) is 0 Å². The predicted molar refractivity (Wildman–Crippen MR) is 89.4 cm³/mol. The molecule has 21 heavy (non-hydrogen) atoms. The highest BCUT2D eigenvalue weighted by molar-refractivity contribution is 4.98. The summed E-state index contributed by atoms with van der Waals surface area (Å²) >= 11 is 0. The summed E-state index contributed by atoms with van der Waals surface area (Å²) in [5.74, 6) is 2.46. The van der Waals surface area contributed by atoms with E-state index in [1.165, 1.54) is 58.0 Å². The van der Waals surface area contributed by atoms with E-state index in [-0.39, 0.29) is 0 Å². The molecule has 3 heteroatoms. The summed E-state index contributed by atoms with van der Waals surface area (Å²) < 4.78 is 5.33. The van der Waals surface area contributed by atoms with Crippen molar-refractivity contribution in [3.63, 3.8) is 0 Å². The van der Waals surface area contributed by atoms with Crippen molar-refractivity contribution < 1.29 is 4.74 Å². The number of hydrogen-bond donors (Lipinski definition) is 1. The van der Waals surface area contributed by atoms with Gasteiger partial charge < -0.3 is 10.5 Å². The second-order valence-corrected chi connectivity index (χ2v) is 7.91. The molecule has 0 aromatic heterocycles. The van der Waals surface area contributed by atoms with Crippen molar-refractivity contribution in [3.8, 4) is 0 Å². The van der Waals surface area contributed by atoms with Gasteiger partial charge in [0.15, 0.2) is 0 Å². The van der Waals surface area contributed by atoms with Crippen LogP contribution in [-0.2, 0) is 4.74 Å². The van der Waals surface area contributed by atoms with E-state index in [2.05, 4.69) is 18.7 Å². The number of nitrogens with zero attached hydrogens (tertiary/aromatic N) is 1. The molecule has 2 N–H and O–H groups in total. The molecule has 0 radical (unpaired) electrons. The highest BCUT2D eigenvalue weighted by Gasteiger charge is 2.41. The van der Waals surface area contributed by atoms with Gasteiger partial charge in [0.1, 0.15) is 0 Å². The lowest BCUT2D eigenvalue weighted by Gasteiger charge is -2.51. The average Bonchev–Trinajstić information content (AvgIpc) is 2.48. The Kier molecular flexibility index (Phi) is 6.51. The molecule has 1 heterocycles. The van der Waals surface area contributed by atoms with Gasteiger partial charge in [-0.2, -0.15) is 0 Å². The number of piperidine rings is 1. The third-order valence-electron chi connectivity index (χ3n) is 5.80. The molecular formula is C18H36N2O. The molecule has 124 valence electrons. The maximum absolute atomic E-state index is 6.29. The van der Waals surface area contributed by atoms with Crippen molar-refractivity contribution in [2.45, 2.75) is 64.3 Å². The molecule has 2 rings (SSSR count). The van der Waals surface area contributed by atoms with Gasteiger partial charge in [0.05, 0.1) is 0 Å². The minimum atomic E-state index is 0.301. The first-order chi connectivity index (χ1) is 10.1. The topological polar surface area (TPSA) is 38.5 Å². The maximum atomic E-state index is 6.29. The largest absolute Gasteiger partial charge is 0.384 e. The van der Waals surface area contributed by atoms with Crippen molar-refractivity contribution in [2.75, 3.05) is 33.4 Å². The zero-order valence-electron chi connectivity index (χ0n) is 14.4. The summed E-state index contributed by atoms with van der Waals surface area (Å²) in [6.07, 6.45) is 9.37. The molecule has 2 atom stereocenters. The third-order valence-corrected chi connectivity index (χ3v) is 5.80. The van der Waals surface area contributed by atoms with Crippen molar-refractivity contribution in [2.24, 2.45) is 23.5 Å². The van der Waals surface area contributed by atoms with Crippen LogP contribution in [0.1, 0.15) is 58.8 Å². The number of ether oxygens (including phenoxy) is 1. The maximum Gasteiger partial charge on any atom is 0.0491 e. The average molecular weight is 296 g/mol. The molecule has 1 aliphatic heterocycles. The number of methoxy groups -OCH3 is 1. The van der Waals surface area contributed by atoms with Gasteiger partial charge in [0.2, 0.25) is 0 Å². The van der Waals surface area contributed by atoms with Gasteiger partial charge in [0.25, 0.3) is 0 Å². The molecular weight excluding hydrogens is 260 g/mol. The van der Waals surface area contributed by atoms with Crippen molar-refractivity contribution in [1.29, 1.82) is 0 Å². The van der Waals surface area contributed by atoms with E-state index in [1.54, 1.807) is 0 Å². The van der Waals surface area contributed by atoms with Crippen LogP contribution in [0.4, 0.5) is 0 Å². The van der Waals surface area contributed by atoms with Gasteiger partial charge >= 0.3 is 0 Å². The van der Waals surface area contributed by atoms with E-state index in [9.17, 15) is 0 Å². The molecule has 0 bridgehead atoms. The third kappa shape index (κ3) is 4.43. The lowest BCUT2D eigenvalue weighted by atomic mass is 9.71. The number of hydrogen-bond acceptors (Lipinski definition) is 3. The summed E-state index contributed by atoms with van der Waals surface area (Å²) in [5.41, 5.74) is 6.59. The highest BCUT2D eigenvalue weighted by atomic mass is 16.5.